The van der Waals surface area contributed by atoms with Gasteiger partial charge >= 0.3 is 0 Å². The lowest BCUT2D eigenvalue weighted by Gasteiger charge is -2.37. The summed E-state index contributed by atoms with van der Waals surface area (Å²) in [5.74, 6) is -1.24. The van der Waals surface area contributed by atoms with Crippen LogP contribution < -0.4 is 10.6 Å². The molecule has 2 bridgehead atoms. The highest BCUT2D eigenvalue weighted by molar-refractivity contribution is 8.02. The molecule has 0 saturated carbocycles. The predicted octanol–water partition coefficient (Wildman–Crippen LogP) is 3.04. The number of carbonyl (C=O) groups is 3. The molecule has 2 unspecified atom stereocenters. The van der Waals surface area contributed by atoms with Gasteiger partial charge in [0.05, 0.1) is 29.2 Å². The largest absolute Gasteiger partial charge is 0.394 e. The summed E-state index contributed by atoms with van der Waals surface area (Å²) in [7, 11) is 0. The first-order chi connectivity index (χ1) is 16.3. The molecule has 0 aliphatic carbocycles. The van der Waals surface area contributed by atoms with E-state index in [1.165, 1.54) is 0 Å². The number of nitrogens with one attached hydrogen (secondary N) is 2. The van der Waals surface area contributed by atoms with Gasteiger partial charge in [-0.3, -0.25) is 14.4 Å². The minimum absolute atomic E-state index is 0.0171. The number of likely N-dealkylation sites (tertiary alicyclic amines) is 1. The lowest BCUT2D eigenvalue weighted by Crippen LogP contribution is -2.56. The van der Waals surface area contributed by atoms with Gasteiger partial charge in [-0.25, -0.2) is 0 Å². The molecule has 3 heterocycles. The van der Waals surface area contributed by atoms with Gasteiger partial charge in [0.25, 0.3) is 0 Å². The molecule has 6 atom stereocenters. The van der Waals surface area contributed by atoms with E-state index in [1.54, 1.807) is 16.7 Å². The summed E-state index contributed by atoms with van der Waals surface area (Å²) in [6, 6.07) is 8.19. The van der Waals surface area contributed by atoms with E-state index in [4.69, 9.17) is 0 Å². The Morgan fingerprint density at radius 2 is 1.97 bits per heavy atom. The van der Waals surface area contributed by atoms with Crippen molar-refractivity contribution in [2.24, 2.45) is 17.8 Å². The zero-order valence-electron chi connectivity index (χ0n) is 20.3. The number of anilines is 1. The molecule has 4 rings (SSSR count). The SMILES string of the molecule is CCCCNC(=O)C1N([C@@H](CO)CC(C)C)C(=O)[C@@H]2[C@H](C(=O)Nc3ccccc3)[C@@H]3CCC12S3. The molecule has 3 amide bonds. The van der Waals surface area contributed by atoms with Crippen LogP contribution in [0.5, 0.6) is 0 Å². The summed E-state index contributed by atoms with van der Waals surface area (Å²) in [6.07, 6.45) is 3.99. The second kappa shape index (κ2) is 10.3. The van der Waals surface area contributed by atoms with Gasteiger partial charge < -0.3 is 20.6 Å². The minimum atomic E-state index is -0.665. The fourth-order valence-electron chi connectivity index (χ4n) is 6.14. The maximum Gasteiger partial charge on any atom is 0.244 e. The lowest BCUT2D eigenvalue weighted by molar-refractivity contribution is -0.142. The van der Waals surface area contributed by atoms with E-state index in [0.717, 1.165) is 25.7 Å². The molecule has 7 nitrogen and oxygen atoms in total. The van der Waals surface area contributed by atoms with Crippen molar-refractivity contribution in [2.45, 2.75) is 75.0 Å². The van der Waals surface area contributed by atoms with Gasteiger partial charge in [0.1, 0.15) is 6.04 Å². The number of aliphatic hydroxyl groups excluding tert-OH is 1. The van der Waals surface area contributed by atoms with Crippen molar-refractivity contribution in [3.63, 3.8) is 0 Å². The van der Waals surface area contributed by atoms with Crippen LogP contribution in [0.3, 0.4) is 0 Å². The number of carbonyl (C=O) groups excluding carboxylic acids is 3. The van der Waals surface area contributed by atoms with Crippen molar-refractivity contribution < 1.29 is 19.5 Å². The Balaban J connectivity index is 1.67. The topological polar surface area (TPSA) is 98.7 Å². The summed E-state index contributed by atoms with van der Waals surface area (Å²) >= 11 is 1.66. The van der Waals surface area contributed by atoms with E-state index >= 15 is 0 Å². The van der Waals surface area contributed by atoms with E-state index in [2.05, 4.69) is 31.4 Å². The minimum Gasteiger partial charge on any atom is -0.394 e. The van der Waals surface area contributed by atoms with Crippen molar-refractivity contribution in [1.82, 2.24) is 10.2 Å². The highest BCUT2D eigenvalue weighted by Crippen LogP contribution is 2.66. The second-order valence-corrected chi connectivity index (χ2v) is 11.9. The van der Waals surface area contributed by atoms with Gasteiger partial charge in [-0.05, 0) is 43.7 Å². The van der Waals surface area contributed by atoms with Crippen LogP contribution in [0, 0.1) is 17.8 Å². The molecule has 3 saturated heterocycles. The van der Waals surface area contributed by atoms with Gasteiger partial charge in [-0.1, -0.05) is 45.4 Å². The fraction of sp³-hybridized carbons (Fsp3) is 0.654. The highest BCUT2D eigenvalue weighted by Gasteiger charge is 2.74. The first-order valence-corrected chi connectivity index (χ1v) is 13.5. The average molecular weight is 488 g/mol. The van der Waals surface area contributed by atoms with E-state index in [1.807, 2.05) is 30.3 Å². The molecular weight excluding hydrogens is 450 g/mol. The third-order valence-electron chi connectivity index (χ3n) is 7.51. The number of nitrogens with zero attached hydrogens (tertiary/aromatic N) is 1. The molecule has 3 fully saturated rings. The first kappa shape index (κ1) is 25.0. The molecule has 34 heavy (non-hydrogen) atoms. The van der Waals surface area contributed by atoms with E-state index in [-0.39, 0.29) is 35.5 Å². The molecule has 1 aromatic rings. The second-order valence-electron chi connectivity index (χ2n) is 10.3. The van der Waals surface area contributed by atoms with E-state index in [0.29, 0.717) is 18.7 Å². The van der Waals surface area contributed by atoms with Crippen LogP contribution in [0.25, 0.3) is 0 Å². The Hall–Kier alpha value is -2.06. The number of benzene rings is 1. The molecule has 0 radical (unpaired) electrons. The molecule has 1 spiro atoms. The van der Waals surface area contributed by atoms with Gasteiger partial charge in [0, 0.05) is 17.5 Å². The van der Waals surface area contributed by atoms with Crippen LogP contribution in [-0.4, -0.2) is 63.0 Å². The number of hydrogen-bond acceptors (Lipinski definition) is 5. The number of amides is 3. The summed E-state index contributed by atoms with van der Waals surface area (Å²) in [4.78, 5) is 42.7. The van der Waals surface area contributed by atoms with Gasteiger partial charge in [0.15, 0.2) is 0 Å². The van der Waals surface area contributed by atoms with Crippen LogP contribution in [0.2, 0.25) is 0 Å². The molecule has 3 N–H and O–H groups in total. The number of rotatable bonds is 10. The highest BCUT2D eigenvalue weighted by atomic mass is 32.2. The van der Waals surface area contributed by atoms with Crippen molar-refractivity contribution in [3.8, 4) is 0 Å². The third-order valence-corrected chi connectivity index (χ3v) is 9.46. The third kappa shape index (κ3) is 4.35. The zero-order chi connectivity index (χ0) is 24.5. The monoisotopic (exact) mass is 487 g/mol. The molecular formula is C26H37N3O4S. The summed E-state index contributed by atoms with van der Waals surface area (Å²) in [6.45, 7) is 6.54. The molecule has 3 aliphatic heterocycles. The Morgan fingerprint density at radius 3 is 2.62 bits per heavy atom. The van der Waals surface area contributed by atoms with Gasteiger partial charge in [-0.2, -0.15) is 0 Å². The predicted molar refractivity (Wildman–Crippen MR) is 134 cm³/mol. The Kier molecular flexibility index (Phi) is 7.57. The molecule has 3 aliphatic rings. The van der Waals surface area contributed by atoms with Crippen LogP contribution in [0.15, 0.2) is 30.3 Å². The summed E-state index contributed by atoms with van der Waals surface area (Å²) in [5, 5.41) is 16.3. The Morgan fingerprint density at radius 1 is 1.24 bits per heavy atom. The maximum absolute atomic E-state index is 14.0. The molecule has 0 aromatic heterocycles. The first-order valence-electron chi connectivity index (χ1n) is 12.6. The summed E-state index contributed by atoms with van der Waals surface area (Å²) in [5.41, 5.74) is 0.707. The number of aliphatic hydroxyl groups is 1. The van der Waals surface area contributed by atoms with Crippen molar-refractivity contribution in [1.29, 1.82) is 0 Å². The standard InChI is InChI=1S/C26H37N3O4S/c1-4-5-13-27-24(32)22-26-12-11-19(34-26)20(23(31)28-17-9-7-6-8-10-17)21(26)25(33)29(22)18(15-30)14-16(2)3/h6-10,16,18-22,30H,4-5,11-15H2,1-3H3,(H,27,32)(H,28,31)/t18-,19+,20-,21+,22?,26?/m1/s1. The Labute approximate surface area is 206 Å². The summed E-state index contributed by atoms with van der Waals surface area (Å²) < 4.78 is -0.624. The van der Waals surface area contributed by atoms with E-state index < -0.39 is 28.7 Å². The van der Waals surface area contributed by atoms with Crippen LogP contribution in [0.4, 0.5) is 5.69 Å². The molecule has 186 valence electrons. The number of fused-ring (bicyclic) bond motifs is 1. The fourth-order valence-corrected chi connectivity index (χ4v) is 8.34. The Bertz CT molecular complexity index is 911. The lowest BCUT2D eigenvalue weighted by atomic mass is 9.70. The smallest absolute Gasteiger partial charge is 0.244 e. The molecule has 1 aromatic carbocycles. The molecule has 8 heteroatoms. The van der Waals surface area contributed by atoms with Crippen LogP contribution >= 0.6 is 11.8 Å². The van der Waals surface area contributed by atoms with Gasteiger partial charge in [-0.15, -0.1) is 11.8 Å². The zero-order valence-corrected chi connectivity index (χ0v) is 21.1. The number of hydrogen-bond donors (Lipinski definition) is 3. The quantitative estimate of drug-likeness (QED) is 0.441. The number of para-hydroxylation sites is 1. The van der Waals surface area contributed by atoms with Crippen molar-refractivity contribution in [2.75, 3.05) is 18.5 Å². The van der Waals surface area contributed by atoms with Crippen LogP contribution in [0.1, 0.15) is 52.9 Å². The van der Waals surface area contributed by atoms with E-state index in [9.17, 15) is 19.5 Å². The number of unbranched alkanes of at least 4 members (excludes halogenated alkanes) is 1. The number of thioether (sulfide) groups is 1. The maximum atomic E-state index is 14.0. The normalized spacial score (nSPS) is 30.5. The van der Waals surface area contributed by atoms with Crippen LogP contribution in [-0.2, 0) is 14.4 Å². The van der Waals surface area contributed by atoms with Crippen molar-refractivity contribution >= 4 is 35.2 Å². The average Bonchev–Trinajstić information content (AvgIpc) is 3.45. The van der Waals surface area contributed by atoms with Gasteiger partial charge in [0.2, 0.25) is 17.7 Å². The van der Waals surface area contributed by atoms with Crippen molar-refractivity contribution in [3.05, 3.63) is 30.3 Å².